The summed E-state index contributed by atoms with van der Waals surface area (Å²) in [7, 11) is 0. The molecule has 0 saturated heterocycles. The topological polar surface area (TPSA) is 247 Å². The van der Waals surface area contributed by atoms with E-state index in [-0.39, 0.29) is 12.8 Å². The van der Waals surface area contributed by atoms with Gasteiger partial charge < -0.3 is 42.6 Å². The summed E-state index contributed by atoms with van der Waals surface area (Å²) >= 11 is 0. The Morgan fingerprint density at radius 1 is 0.946 bits per heavy atom. The maximum atomic E-state index is 13.3. The second-order valence-electron chi connectivity index (χ2n) is 8.46. The van der Waals surface area contributed by atoms with Gasteiger partial charge in [-0.25, -0.2) is 0 Å². The summed E-state index contributed by atoms with van der Waals surface area (Å²) < 4.78 is 0. The maximum Gasteiger partial charge on any atom is 0.325 e. The Kier molecular flexibility index (Phi) is 10.1. The van der Waals surface area contributed by atoms with E-state index in [0.717, 1.165) is 10.9 Å². The molecule has 0 aliphatic heterocycles. The Morgan fingerprint density at radius 3 is 2.19 bits per heavy atom. The minimum atomic E-state index is -1.41. The third kappa shape index (κ3) is 8.61. The van der Waals surface area contributed by atoms with E-state index in [2.05, 4.69) is 20.9 Å². The molecule has 0 spiro atoms. The van der Waals surface area contributed by atoms with Gasteiger partial charge in [0.15, 0.2) is 0 Å². The zero-order valence-electron chi connectivity index (χ0n) is 20.0. The van der Waals surface area contributed by atoms with Crippen molar-refractivity contribution in [3.05, 3.63) is 36.0 Å². The molecule has 0 saturated carbocycles. The van der Waals surface area contributed by atoms with Crippen LogP contribution >= 0.6 is 0 Å². The van der Waals surface area contributed by atoms with Crippen molar-refractivity contribution in [1.29, 1.82) is 0 Å². The first kappa shape index (κ1) is 28.8. The summed E-state index contributed by atoms with van der Waals surface area (Å²) in [6.45, 7) is 1.20. The van der Waals surface area contributed by atoms with E-state index in [1.165, 1.54) is 6.92 Å². The molecule has 0 aliphatic carbocycles. The van der Waals surface area contributed by atoms with Crippen molar-refractivity contribution in [2.45, 2.75) is 56.8 Å². The highest BCUT2D eigenvalue weighted by Gasteiger charge is 2.30. The quantitative estimate of drug-likeness (QED) is 0.142. The Hall–Kier alpha value is -4.46. The van der Waals surface area contributed by atoms with Crippen molar-refractivity contribution in [2.75, 3.05) is 0 Å². The largest absolute Gasteiger partial charge is 0.481 e. The van der Waals surface area contributed by atoms with Crippen LogP contribution in [-0.4, -0.2) is 74.9 Å². The lowest BCUT2D eigenvalue weighted by Crippen LogP contribution is -2.57. The van der Waals surface area contributed by atoms with Crippen LogP contribution in [0, 0.1) is 0 Å². The predicted molar refractivity (Wildman–Crippen MR) is 130 cm³/mol. The highest BCUT2D eigenvalue weighted by molar-refractivity contribution is 5.95. The van der Waals surface area contributed by atoms with Crippen LogP contribution in [0.25, 0.3) is 10.9 Å². The van der Waals surface area contributed by atoms with Gasteiger partial charge in [0.2, 0.25) is 23.6 Å². The monoisotopic (exact) mass is 518 g/mol. The lowest BCUT2D eigenvalue weighted by atomic mass is 10.0. The number of primary amides is 1. The van der Waals surface area contributed by atoms with E-state index in [0.29, 0.717) is 5.56 Å². The predicted octanol–water partition coefficient (Wildman–Crippen LogP) is -1.66. The molecular formula is C23H30N6O8. The first-order valence-electron chi connectivity index (χ1n) is 11.3. The van der Waals surface area contributed by atoms with Gasteiger partial charge in [-0.3, -0.25) is 28.8 Å². The van der Waals surface area contributed by atoms with Crippen molar-refractivity contribution in [3.8, 4) is 0 Å². The zero-order chi connectivity index (χ0) is 27.7. The van der Waals surface area contributed by atoms with Crippen LogP contribution in [0.5, 0.6) is 0 Å². The zero-order valence-corrected chi connectivity index (χ0v) is 20.0. The second kappa shape index (κ2) is 13.0. The molecule has 14 nitrogen and oxygen atoms in total. The number of carbonyl (C=O) groups excluding carboxylic acids is 4. The molecule has 200 valence electrons. The third-order valence-electron chi connectivity index (χ3n) is 5.50. The molecule has 1 heterocycles. The lowest BCUT2D eigenvalue weighted by Gasteiger charge is -2.24. The molecule has 1 aromatic carbocycles. The highest BCUT2D eigenvalue weighted by atomic mass is 16.4. The SMILES string of the molecule is CC(NC(=O)C(CCC(=O)O)NC(=O)C(Cc1c[nH]c2ccccc12)NC(=O)C(N)CC(N)=O)C(=O)O. The molecule has 4 atom stereocenters. The number of rotatable bonds is 14. The van der Waals surface area contributed by atoms with Gasteiger partial charge in [0.25, 0.3) is 0 Å². The smallest absolute Gasteiger partial charge is 0.325 e. The third-order valence-corrected chi connectivity index (χ3v) is 5.50. The number of hydrogen-bond acceptors (Lipinski definition) is 7. The van der Waals surface area contributed by atoms with Crippen LogP contribution in [0.15, 0.2) is 30.5 Å². The average Bonchev–Trinajstić information content (AvgIpc) is 3.23. The standard InChI is InChI=1S/C23H30N6O8/c1-11(23(36)37)27-21(34)16(6-7-19(31)32)28-22(35)17(29-20(33)14(24)9-18(25)30)8-12-10-26-15-5-3-2-4-13(12)15/h2-5,10-11,14,16-17,26H,6-9,24H2,1H3,(H2,25,30)(H,27,34)(H,28,35)(H,29,33)(H,31,32)(H,36,37). The lowest BCUT2D eigenvalue weighted by molar-refractivity contribution is -0.142. The van der Waals surface area contributed by atoms with Gasteiger partial charge in [-0.05, 0) is 25.0 Å². The summed E-state index contributed by atoms with van der Waals surface area (Å²) in [5.74, 6) is -5.99. The Balaban J connectivity index is 2.30. The number of para-hydroxylation sites is 1. The number of amides is 4. The van der Waals surface area contributed by atoms with Gasteiger partial charge in [-0.15, -0.1) is 0 Å². The van der Waals surface area contributed by atoms with Crippen LogP contribution in [0.4, 0.5) is 0 Å². The summed E-state index contributed by atoms with van der Waals surface area (Å²) in [6.07, 6.45) is 0.286. The first-order valence-corrected chi connectivity index (χ1v) is 11.3. The van der Waals surface area contributed by atoms with Crippen molar-refractivity contribution >= 4 is 46.5 Å². The molecule has 10 N–H and O–H groups in total. The molecule has 4 amide bonds. The maximum absolute atomic E-state index is 13.3. The highest BCUT2D eigenvalue weighted by Crippen LogP contribution is 2.19. The molecule has 0 radical (unpaired) electrons. The molecule has 1 aromatic heterocycles. The number of carboxylic acid groups (broad SMARTS) is 2. The van der Waals surface area contributed by atoms with Gasteiger partial charge in [0.1, 0.15) is 18.1 Å². The van der Waals surface area contributed by atoms with E-state index in [9.17, 15) is 28.8 Å². The molecule has 14 heteroatoms. The van der Waals surface area contributed by atoms with Crippen LogP contribution < -0.4 is 27.4 Å². The molecule has 2 aromatic rings. The fraction of sp³-hybridized carbons (Fsp3) is 0.391. The molecule has 37 heavy (non-hydrogen) atoms. The molecular weight excluding hydrogens is 488 g/mol. The Labute approximate surface area is 211 Å². The molecule has 0 aliphatic rings. The van der Waals surface area contributed by atoms with Crippen LogP contribution in [0.1, 0.15) is 31.7 Å². The van der Waals surface area contributed by atoms with E-state index >= 15 is 0 Å². The minimum absolute atomic E-state index is 0.0519. The van der Waals surface area contributed by atoms with Gasteiger partial charge in [0, 0.05) is 29.9 Å². The van der Waals surface area contributed by atoms with Gasteiger partial charge in [-0.2, -0.15) is 0 Å². The fourth-order valence-corrected chi connectivity index (χ4v) is 3.50. The number of fused-ring (bicyclic) bond motifs is 1. The number of aliphatic carboxylic acids is 2. The van der Waals surface area contributed by atoms with Gasteiger partial charge in [0.05, 0.1) is 12.5 Å². The summed E-state index contributed by atoms with van der Waals surface area (Å²) in [6, 6.07) is 1.86. The van der Waals surface area contributed by atoms with E-state index in [4.69, 9.17) is 21.7 Å². The number of benzene rings is 1. The summed E-state index contributed by atoms with van der Waals surface area (Å²) in [5.41, 5.74) is 12.2. The number of carbonyl (C=O) groups is 6. The van der Waals surface area contributed by atoms with Crippen LogP contribution in [0.3, 0.4) is 0 Å². The Bertz CT molecular complexity index is 1180. The van der Waals surface area contributed by atoms with E-state index in [1.807, 2.05) is 6.07 Å². The van der Waals surface area contributed by atoms with Crippen molar-refractivity contribution < 1.29 is 39.0 Å². The van der Waals surface area contributed by atoms with Gasteiger partial charge in [-0.1, -0.05) is 18.2 Å². The van der Waals surface area contributed by atoms with Crippen molar-refractivity contribution in [3.63, 3.8) is 0 Å². The molecule has 0 bridgehead atoms. The number of nitrogens with one attached hydrogen (secondary N) is 4. The minimum Gasteiger partial charge on any atom is -0.481 e. The molecule has 4 unspecified atom stereocenters. The van der Waals surface area contributed by atoms with Crippen LogP contribution in [0.2, 0.25) is 0 Å². The number of carboxylic acids is 2. The van der Waals surface area contributed by atoms with E-state index < -0.39 is 72.6 Å². The van der Waals surface area contributed by atoms with Gasteiger partial charge >= 0.3 is 11.9 Å². The van der Waals surface area contributed by atoms with E-state index in [1.54, 1.807) is 24.4 Å². The Morgan fingerprint density at radius 2 is 1.57 bits per heavy atom. The first-order chi connectivity index (χ1) is 17.4. The normalized spacial score (nSPS) is 14.1. The summed E-state index contributed by atoms with van der Waals surface area (Å²) in [4.78, 5) is 74.9. The number of aromatic amines is 1. The van der Waals surface area contributed by atoms with Crippen molar-refractivity contribution in [2.24, 2.45) is 11.5 Å². The van der Waals surface area contributed by atoms with Crippen molar-refractivity contribution in [1.82, 2.24) is 20.9 Å². The molecule has 0 fully saturated rings. The number of aromatic nitrogens is 1. The number of hydrogen-bond donors (Lipinski definition) is 8. The summed E-state index contributed by atoms with van der Waals surface area (Å²) in [5, 5.41) is 25.9. The van der Waals surface area contributed by atoms with Crippen LogP contribution in [-0.2, 0) is 35.2 Å². The number of nitrogens with two attached hydrogens (primary N) is 2. The fourth-order valence-electron chi connectivity index (χ4n) is 3.50. The second-order valence-corrected chi connectivity index (χ2v) is 8.46. The average molecular weight is 519 g/mol. The molecule has 2 rings (SSSR count). The number of H-pyrrole nitrogens is 1.